The van der Waals surface area contributed by atoms with Crippen molar-refractivity contribution in [3.63, 3.8) is 0 Å². The van der Waals surface area contributed by atoms with Crippen molar-refractivity contribution in [3.8, 4) is 0 Å². The zero-order valence-electron chi connectivity index (χ0n) is 18.1. The van der Waals surface area contributed by atoms with Crippen molar-refractivity contribution >= 4 is 38.1 Å². The van der Waals surface area contributed by atoms with Gasteiger partial charge in [0.05, 0.1) is 0 Å². The minimum absolute atomic E-state index is 0.286. The van der Waals surface area contributed by atoms with Crippen LogP contribution in [0.15, 0.2) is 42.5 Å². The average Bonchev–Trinajstić information content (AvgIpc) is 2.75. The van der Waals surface area contributed by atoms with Gasteiger partial charge in [0.25, 0.3) is 0 Å². The van der Waals surface area contributed by atoms with Gasteiger partial charge in [0.15, 0.2) is 5.78 Å². The molecule has 0 unspecified atom stereocenters. The second-order valence-corrected chi connectivity index (χ2v) is 8.44. The Morgan fingerprint density at radius 3 is 2.03 bits per heavy atom. The molecular weight excluding hydrogens is 352 g/mol. The highest BCUT2D eigenvalue weighted by atomic mass is 16.1. The lowest BCUT2D eigenvalue weighted by atomic mass is 9.85. The van der Waals surface area contributed by atoms with Crippen molar-refractivity contribution in [1.82, 2.24) is 0 Å². The molecule has 0 amide bonds. The predicted octanol–water partition coefficient (Wildman–Crippen LogP) is 8.25. The summed E-state index contributed by atoms with van der Waals surface area (Å²) in [5, 5.41) is 7.82. The van der Waals surface area contributed by atoms with Crippen LogP contribution in [0.4, 0.5) is 0 Å². The van der Waals surface area contributed by atoms with Crippen molar-refractivity contribution in [2.75, 3.05) is 0 Å². The molecule has 4 aromatic carbocycles. The van der Waals surface area contributed by atoms with E-state index in [1.165, 1.54) is 57.3 Å². The lowest BCUT2D eigenvalue weighted by molar-refractivity contribution is 0.0983. The lowest BCUT2D eigenvalue weighted by Crippen LogP contribution is -2.03. The largest absolute Gasteiger partial charge is 0.294 e. The van der Waals surface area contributed by atoms with Gasteiger partial charge in [-0.15, -0.1) is 0 Å². The highest BCUT2D eigenvalue weighted by Crippen LogP contribution is 2.40. The summed E-state index contributed by atoms with van der Waals surface area (Å²) in [6, 6.07) is 15.8. The predicted molar refractivity (Wildman–Crippen MR) is 127 cm³/mol. The second-order valence-electron chi connectivity index (χ2n) is 8.44. The zero-order chi connectivity index (χ0) is 20.4. The van der Waals surface area contributed by atoms with E-state index in [4.69, 9.17) is 0 Å². The van der Waals surface area contributed by atoms with Crippen molar-refractivity contribution < 1.29 is 4.79 Å². The Bertz CT molecular complexity index is 1150. The summed E-state index contributed by atoms with van der Waals surface area (Å²) in [7, 11) is 0. The number of unbranched alkanes of at least 4 members (excludes halogenated alkanes) is 2. The summed E-state index contributed by atoms with van der Waals surface area (Å²) >= 11 is 0. The number of carbonyl (C=O) groups excluding carboxylic acids is 1. The quantitative estimate of drug-likeness (QED) is 0.210. The smallest absolute Gasteiger partial charge is 0.163 e. The van der Waals surface area contributed by atoms with Crippen LogP contribution in [0.3, 0.4) is 0 Å². The van der Waals surface area contributed by atoms with Gasteiger partial charge in [-0.1, -0.05) is 70.0 Å². The molecule has 0 heterocycles. The third-order valence-electron chi connectivity index (χ3n) is 6.33. The highest BCUT2D eigenvalue weighted by molar-refractivity contribution is 6.27. The van der Waals surface area contributed by atoms with E-state index in [0.717, 1.165) is 36.6 Å². The van der Waals surface area contributed by atoms with Gasteiger partial charge in [-0.3, -0.25) is 4.79 Å². The Balaban J connectivity index is 2.07. The Hall–Kier alpha value is -2.41. The van der Waals surface area contributed by atoms with E-state index in [1.807, 2.05) is 0 Å². The van der Waals surface area contributed by atoms with Gasteiger partial charge in [0.1, 0.15) is 0 Å². The Morgan fingerprint density at radius 2 is 1.31 bits per heavy atom. The number of carbonyl (C=O) groups is 1. The first-order valence-electron chi connectivity index (χ1n) is 11.4. The molecule has 0 fully saturated rings. The number of hydrogen-bond acceptors (Lipinski definition) is 1. The third-order valence-corrected chi connectivity index (χ3v) is 6.33. The Kier molecular flexibility index (Phi) is 5.85. The van der Waals surface area contributed by atoms with Gasteiger partial charge >= 0.3 is 0 Å². The molecule has 0 saturated carbocycles. The van der Waals surface area contributed by atoms with Gasteiger partial charge in [-0.05, 0) is 81.6 Å². The van der Waals surface area contributed by atoms with Gasteiger partial charge in [0, 0.05) is 12.0 Å². The van der Waals surface area contributed by atoms with Gasteiger partial charge < -0.3 is 0 Å². The van der Waals surface area contributed by atoms with Gasteiger partial charge in [-0.25, -0.2) is 0 Å². The monoisotopic (exact) mass is 384 g/mol. The number of aryl methyl sites for hydroxylation is 2. The summed E-state index contributed by atoms with van der Waals surface area (Å²) in [4.78, 5) is 13.0. The molecule has 4 aromatic rings. The molecule has 29 heavy (non-hydrogen) atoms. The number of hydrogen-bond donors (Lipinski definition) is 0. The highest BCUT2D eigenvalue weighted by Gasteiger charge is 2.18. The number of Topliss-reactive ketones (excluding diaryl/α,β-unsaturated/α-hetero) is 1. The summed E-state index contributed by atoms with van der Waals surface area (Å²) in [5.74, 6) is 0.286. The molecule has 0 N–H and O–H groups in total. The molecule has 1 nitrogen and oxygen atoms in total. The molecule has 0 aliphatic rings. The topological polar surface area (TPSA) is 17.1 Å². The van der Waals surface area contributed by atoms with E-state index in [0.29, 0.717) is 6.42 Å². The molecule has 0 aliphatic heterocycles. The van der Waals surface area contributed by atoms with E-state index >= 15 is 0 Å². The number of benzene rings is 4. The molecule has 1 heteroatoms. The van der Waals surface area contributed by atoms with Crippen LogP contribution >= 0.6 is 0 Å². The lowest BCUT2D eigenvalue weighted by Gasteiger charge is -2.18. The molecule has 0 saturated heterocycles. The molecule has 0 bridgehead atoms. The van der Waals surface area contributed by atoms with E-state index < -0.39 is 0 Å². The summed E-state index contributed by atoms with van der Waals surface area (Å²) in [5.41, 5.74) is 3.71. The fourth-order valence-electron chi connectivity index (χ4n) is 4.78. The first kappa shape index (κ1) is 19.9. The summed E-state index contributed by atoms with van der Waals surface area (Å²) in [6.07, 6.45) is 8.43. The maximum absolute atomic E-state index is 13.0. The minimum Gasteiger partial charge on any atom is -0.294 e. The Morgan fingerprint density at radius 1 is 0.690 bits per heavy atom. The fourth-order valence-corrected chi connectivity index (χ4v) is 4.78. The zero-order valence-corrected chi connectivity index (χ0v) is 18.1. The first-order valence-corrected chi connectivity index (χ1v) is 11.4. The average molecular weight is 385 g/mol. The van der Waals surface area contributed by atoms with Gasteiger partial charge in [0.2, 0.25) is 0 Å². The van der Waals surface area contributed by atoms with Crippen LogP contribution in [-0.4, -0.2) is 5.78 Å². The molecule has 0 atom stereocenters. The number of rotatable bonds is 9. The van der Waals surface area contributed by atoms with Crippen LogP contribution in [0.5, 0.6) is 0 Å². The molecule has 150 valence electrons. The van der Waals surface area contributed by atoms with Crippen LogP contribution in [0.25, 0.3) is 32.3 Å². The third kappa shape index (κ3) is 3.52. The summed E-state index contributed by atoms with van der Waals surface area (Å²) < 4.78 is 0. The molecule has 0 spiro atoms. The maximum Gasteiger partial charge on any atom is 0.163 e. The van der Waals surface area contributed by atoms with Gasteiger partial charge in [-0.2, -0.15) is 0 Å². The molecule has 0 aromatic heterocycles. The van der Waals surface area contributed by atoms with Crippen LogP contribution in [-0.2, 0) is 12.8 Å². The standard InChI is InChI=1S/C28H32O/c1-4-7-10-19-12-13-20-14-15-23-21(11-8-5-2)18-25(26(29)9-6-3)24-17-16-22(19)27(20)28(23)24/h12-18H,4-11H2,1-3H3. The second kappa shape index (κ2) is 8.53. The van der Waals surface area contributed by atoms with E-state index in [1.54, 1.807) is 0 Å². The van der Waals surface area contributed by atoms with Crippen LogP contribution < -0.4 is 0 Å². The maximum atomic E-state index is 13.0. The van der Waals surface area contributed by atoms with E-state index in [-0.39, 0.29) is 5.78 Å². The van der Waals surface area contributed by atoms with Crippen LogP contribution in [0.2, 0.25) is 0 Å². The normalized spacial score (nSPS) is 11.8. The van der Waals surface area contributed by atoms with E-state index in [9.17, 15) is 4.79 Å². The van der Waals surface area contributed by atoms with Crippen molar-refractivity contribution in [2.24, 2.45) is 0 Å². The molecule has 4 rings (SSSR count). The molecule has 0 radical (unpaired) electrons. The summed E-state index contributed by atoms with van der Waals surface area (Å²) in [6.45, 7) is 6.58. The fraction of sp³-hybridized carbons (Fsp3) is 0.393. The number of ketones is 1. The minimum atomic E-state index is 0.286. The SMILES string of the molecule is CCCCc1ccc2ccc3c(CCCC)cc(C(=O)CCC)c4ccc1c2c34. The van der Waals surface area contributed by atoms with E-state index in [2.05, 4.69) is 63.2 Å². The van der Waals surface area contributed by atoms with Crippen LogP contribution in [0, 0.1) is 0 Å². The van der Waals surface area contributed by atoms with Crippen molar-refractivity contribution in [2.45, 2.75) is 72.1 Å². The van der Waals surface area contributed by atoms with Crippen molar-refractivity contribution in [1.29, 1.82) is 0 Å². The Labute approximate surface area is 174 Å². The molecule has 0 aliphatic carbocycles. The molecular formula is C28H32O. The van der Waals surface area contributed by atoms with Crippen LogP contribution in [0.1, 0.15) is 80.8 Å². The van der Waals surface area contributed by atoms with Crippen molar-refractivity contribution in [3.05, 3.63) is 59.2 Å². The first-order chi connectivity index (χ1) is 14.2.